The molecule has 0 saturated carbocycles. The molecule has 0 spiro atoms. The molecule has 0 radical (unpaired) electrons. The minimum atomic E-state index is 0.854. The Kier molecular flexibility index (Phi) is 4.12. The molecule has 0 aromatic carbocycles. The smallest absolute Gasteiger partial charge is 0.147 e. The molecule has 7 heteroatoms. The largest absolute Gasteiger partial charge is 0.315 e. The van der Waals surface area contributed by atoms with E-state index < -0.39 is 0 Å². The summed E-state index contributed by atoms with van der Waals surface area (Å²) in [7, 11) is 0. The highest BCUT2D eigenvalue weighted by Gasteiger charge is 2.16. The number of halogens is 1. The SMILES string of the molecule is Clc1ccc(CNCCN2CCn3cnnc3C2)s1. The minimum Gasteiger partial charge on any atom is -0.315 e. The van der Waals surface area contributed by atoms with Crippen LogP contribution in [0.5, 0.6) is 0 Å². The van der Waals surface area contributed by atoms with Gasteiger partial charge >= 0.3 is 0 Å². The van der Waals surface area contributed by atoms with E-state index in [9.17, 15) is 0 Å². The Labute approximate surface area is 121 Å². The summed E-state index contributed by atoms with van der Waals surface area (Å²) in [6, 6.07) is 4.02. The van der Waals surface area contributed by atoms with Crippen LogP contribution in [0.25, 0.3) is 0 Å². The van der Waals surface area contributed by atoms with E-state index in [1.807, 2.05) is 12.4 Å². The standard InChI is InChI=1S/C12H16ClN5S/c13-11-2-1-10(19-11)7-14-3-4-17-5-6-18-9-15-16-12(18)8-17/h1-2,9,14H,3-8H2. The third-order valence-corrected chi connectivity index (χ3v) is 4.48. The van der Waals surface area contributed by atoms with Gasteiger partial charge in [0.1, 0.15) is 12.2 Å². The summed E-state index contributed by atoms with van der Waals surface area (Å²) in [5, 5.41) is 11.5. The van der Waals surface area contributed by atoms with Gasteiger partial charge in [0, 0.05) is 37.6 Å². The van der Waals surface area contributed by atoms with E-state index >= 15 is 0 Å². The van der Waals surface area contributed by atoms with Crippen LogP contribution in [0.15, 0.2) is 18.5 Å². The Bertz CT molecular complexity index is 538. The van der Waals surface area contributed by atoms with Crippen LogP contribution in [0.1, 0.15) is 10.7 Å². The maximum absolute atomic E-state index is 5.90. The van der Waals surface area contributed by atoms with E-state index in [4.69, 9.17) is 11.6 Å². The Morgan fingerprint density at radius 1 is 1.37 bits per heavy atom. The summed E-state index contributed by atoms with van der Waals surface area (Å²) in [5.41, 5.74) is 0. The third-order valence-electron chi connectivity index (χ3n) is 3.25. The summed E-state index contributed by atoms with van der Waals surface area (Å²) in [6.45, 7) is 5.85. The molecule has 0 aliphatic carbocycles. The first kappa shape index (κ1) is 13.1. The van der Waals surface area contributed by atoms with Crippen molar-refractivity contribution in [2.45, 2.75) is 19.6 Å². The number of hydrogen-bond acceptors (Lipinski definition) is 5. The van der Waals surface area contributed by atoms with Crippen molar-refractivity contribution in [1.29, 1.82) is 0 Å². The lowest BCUT2D eigenvalue weighted by atomic mass is 10.3. The lowest BCUT2D eigenvalue weighted by Gasteiger charge is -2.26. The molecule has 0 unspecified atom stereocenters. The molecular formula is C12H16ClN5S. The molecule has 19 heavy (non-hydrogen) atoms. The third kappa shape index (κ3) is 3.33. The number of fused-ring (bicyclic) bond motifs is 1. The number of thiophene rings is 1. The van der Waals surface area contributed by atoms with Crippen LogP contribution in [0.2, 0.25) is 4.34 Å². The van der Waals surface area contributed by atoms with Gasteiger partial charge in [-0.1, -0.05) is 11.6 Å². The van der Waals surface area contributed by atoms with Crippen molar-refractivity contribution in [1.82, 2.24) is 25.0 Å². The predicted molar refractivity (Wildman–Crippen MR) is 76.3 cm³/mol. The van der Waals surface area contributed by atoms with Crippen molar-refractivity contribution in [2.24, 2.45) is 0 Å². The highest BCUT2D eigenvalue weighted by molar-refractivity contribution is 7.16. The molecule has 3 heterocycles. The van der Waals surface area contributed by atoms with Gasteiger partial charge in [0.15, 0.2) is 0 Å². The first-order valence-corrected chi connectivity index (χ1v) is 7.55. The van der Waals surface area contributed by atoms with E-state index in [0.29, 0.717) is 0 Å². The van der Waals surface area contributed by atoms with E-state index in [1.54, 1.807) is 11.3 Å². The molecule has 1 N–H and O–H groups in total. The molecule has 0 bridgehead atoms. The lowest BCUT2D eigenvalue weighted by Crippen LogP contribution is -2.37. The van der Waals surface area contributed by atoms with Crippen molar-refractivity contribution in [2.75, 3.05) is 19.6 Å². The van der Waals surface area contributed by atoms with Gasteiger partial charge in [0.25, 0.3) is 0 Å². The van der Waals surface area contributed by atoms with Crippen molar-refractivity contribution < 1.29 is 0 Å². The zero-order valence-electron chi connectivity index (χ0n) is 10.5. The molecule has 2 aromatic rings. The highest BCUT2D eigenvalue weighted by Crippen LogP contribution is 2.20. The van der Waals surface area contributed by atoms with E-state index in [-0.39, 0.29) is 0 Å². The monoisotopic (exact) mass is 297 g/mol. The quantitative estimate of drug-likeness (QED) is 0.852. The van der Waals surface area contributed by atoms with E-state index in [1.165, 1.54) is 4.88 Å². The van der Waals surface area contributed by atoms with Crippen LogP contribution in [-0.4, -0.2) is 39.3 Å². The number of nitrogens with zero attached hydrogens (tertiary/aromatic N) is 4. The Balaban J connectivity index is 1.39. The average Bonchev–Trinajstić information content (AvgIpc) is 3.03. The molecule has 1 aliphatic rings. The Morgan fingerprint density at radius 3 is 3.16 bits per heavy atom. The van der Waals surface area contributed by atoms with Crippen LogP contribution < -0.4 is 5.32 Å². The van der Waals surface area contributed by atoms with Crippen LogP contribution in [0, 0.1) is 0 Å². The topological polar surface area (TPSA) is 46.0 Å². The fraction of sp³-hybridized carbons (Fsp3) is 0.500. The van der Waals surface area contributed by atoms with Gasteiger partial charge in [0.05, 0.1) is 10.9 Å². The van der Waals surface area contributed by atoms with Gasteiger partial charge in [-0.25, -0.2) is 0 Å². The molecule has 0 saturated heterocycles. The molecule has 102 valence electrons. The summed E-state index contributed by atoms with van der Waals surface area (Å²) in [6.07, 6.45) is 1.81. The zero-order valence-corrected chi connectivity index (χ0v) is 12.1. The maximum Gasteiger partial charge on any atom is 0.147 e. The molecule has 5 nitrogen and oxygen atoms in total. The molecule has 2 aromatic heterocycles. The highest BCUT2D eigenvalue weighted by atomic mass is 35.5. The molecule has 3 rings (SSSR count). The van der Waals surface area contributed by atoms with Gasteiger partial charge in [-0.05, 0) is 12.1 Å². The van der Waals surface area contributed by atoms with E-state index in [0.717, 1.165) is 49.4 Å². The van der Waals surface area contributed by atoms with Crippen molar-refractivity contribution >= 4 is 22.9 Å². The number of hydrogen-bond donors (Lipinski definition) is 1. The maximum atomic E-state index is 5.90. The second-order valence-electron chi connectivity index (χ2n) is 4.60. The summed E-state index contributed by atoms with van der Waals surface area (Å²) in [5.74, 6) is 1.07. The Morgan fingerprint density at radius 2 is 2.32 bits per heavy atom. The number of nitrogens with one attached hydrogen (secondary N) is 1. The Hall–Kier alpha value is -0.950. The second-order valence-corrected chi connectivity index (χ2v) is 6.40. The molecule has 1 aliphatic heterocycles. The average molecular weight is 298 g/mol. The van der Waals surface area contributed by atoms with Crippen LogP contribution in [0.4, 0.5) is 0 Å². The summed E-state index contributed by atoms with van der Waals surface area (Å²) in [4.78, 5) is 3.68. The van der Waals surface area contributed by atoms with Crippen molar-refractivity contribution in [3.05, 3.63) is 33.5 Å². The molecule has 0 fully saturated rings. The summed E-state index contributed by atoms with van der Waals surface area (Å²) >= 11 is 7.53. The molecule has 0 amide bonds. The van der Waals surface area contributed by atoms with Gasteiger partial charge in [-0.2, -0.15) is 0 Å². The second kappa shape index (κ2) is 6.00. The normalized spacial score (nSPS) is 15.6. The summed E-state index contributed by atoms with van der Waals surface area (Å²) < 4.78 is 2.98. The van der Waals surface area contributed by atoms with Crippen LogP contribution in [-0.2, 0) is 19.6 Å². The van der Waals surface area contributed by atoms with Crippen molar-refractivity contribution in [3.63, 3.8) is 0 Å². The zero-order chi connectivity index (χ0) is 13.1. The fourth-order valence-corrected chi connectivity index (χ4v) is 3.26. The first-order chi connectivity index (χ1) is 9.31. The van der Waals surface area contributed by atoms with Gasteiger partial charge in [0.2, 0.25) is 0 Å². The van der Waals surface area contributed by atoms with Gasteiger partial charge in [-0.3, -0.25) is 4.90 Å². The molecular weight excluding hydrogens is 282 g/mol. The fourth-order valence-electron chi connectivity index (χ4n) is 2.20. The minimum absolute atomic E-state index is 0.854. The van der Waals surface area contributed by atoms with Crippen LogP contribution in [0.3, 0.4) is 0 Å². The number of aromatic nitrogens is 3. The van der Waals surface area contributed by atoms with E-state index in [2.05, 4.69) is 31.0 Å². The number of rotatable bonds is 5. The lowest BCUT2D eigenvalue weighted by molar-refractivity contribution is 0.217. The van der Waals surface area contributed by atoms with Crippen LogP contribution >= 0.6 is 22.9 Å². The van der Waals surface area contributed by atoms with Gasteiger partial charge < -0.3 is 9.88 Å². The molecule has 0 atom stereocenters. The predicted octanol–water partition coefficient (Wildman–Crippen LogP) is 1.60. The van der Waals surface area contributed by atoms with Crippen molar-refractivity contribution in [3.8, 4) is 0 Å². The first-order valence-electron chi connectivity index (χ1n) is 6.35. The van der Waals surface area contributed by atoms with Gasteiger partial charge in [-0.15, -0.1) is 21.5 Å².